The SMILES string of the molecule is CCOC(=O)C1=C(CN2CCN3C(=O)N(C45CCC(C(=O)O)(C4)C5)CC3C2)NC(c2nccs2)=NC1c1cccc(F)c1C. The number of nitrogens with one attached hydrogen (secondary N) is 1. The molecule has 0 radical (unpaired) electrons. The number of benzene rings is 1. The Morgan fingerprint density at radius 1 is 1.23 bits per heavy atom. The Hall–Kier alpha value is -3.84. The fourth-order valence-electron chi connectivity index (χ4n) is 7.92. The van der Waals surface area contributed by atoms with E-state index in [-0.39, 0.29) is 30.0 Å². The van der Waals surface area contributed by atoms with E-state index in [1.807, 2.05) is 15.2 Å². The summed E-state index contributed by atoms with van der Waals surface area (Å²) in [7, 11) is 0. The van der Waals surface area contributed by atoms with Crippen LogP contribution in [0.1, 0.15) is 54.8 Å². The second kappa shape index (κ2) is 10.7. The number of nitrogens with zero attached hydrogens (tertiary/aromatic N) is 5. The van der Waals surface area contributed by atoms with Crippen molar-refractivity contribution in [3.63, 3.8) is 0 Å². The van der Waals surface area contributed by atoms with E-state index in [1.54, 1.807) is 32.2 Å². The standard InChI is InChI=1S/C31H35FN6O5S/c1-3-43-27(39)23-22(34-25(26-33-9-12-44-26)35-24(23)20-5-4-6-21(32)18(20)2)15-36-10-11-37-19(13-36)14-38(29(37)42)31-8-7-30(16-31,17-31)28(40)41/h4-6,9,12,19,24H,3,7-8,10-11,13-17H2,1-2H3,(H,34,35)(H,40,41). The van der Waals surface area contributed by atoms with E-state index in [2.05, 4.69) is 15.2 Å². The van der Waals surface area contributed by atoms with Gasteiger partial charge in [-0.1, -0.05) is 12.1 Å². The Balaban J connectivity index is 1.17. The highest BCUT2D eigenvalue weighted by Gasteiger charge is 2.69. The normalized spacial score (nSPS) is 29.7. The Kier molecular flexibility index (Phi) is 7.00. The summed E-state index contributed by atoms with van der Waals surface area (Å²) < 4.78 is 20.3. The summed E-state index contributed by atoms with van der Waals surface area (Å²) in [4.78, 5) is 54.3. The predicted octanol–water partition coefficient (Wildman–Crippen LogP) is 3.32. The predicted molar refractivity (Wildman–Crippen MR) is 160 cm³/mol. The number of esters is 1. The van der Waals surface area contributed by atoms with Gasteiger partial charge in [0, 0.05) is 55.5 Å². The van der Waals surface area contributed by atoms with Crippen LogP contribution < -0.4 is 5.32 Å². The van der Waals surface area contributed by atoms with Crippen molar-refractivity contribution >= 4 is 35.1 Å². The average Bonchev–Trinajstić information content (AvgIpc) is 3.78. The van der Waals surface area contributed by atoms with Crippen molar-refractivity contribution in [3.05, 3.63) is 63.0 Å². The lowest BCUT2D eigenvalue weighted by atomic mass is 9.64. The smallest absolute Gasteiger partial charge is 0.338 e. The van der Waals surface area contributed by atoms with E-state index < -0.39 is 23.4 Å². The molecular formula is C31H35FN6O5S. The number of urea groups is 1. The molecule has 2 atom stereocenters. The monoisotopic (exact) mass is 622 g/mol. The number of amides is 2. The van der Waals surface area contributed by atoms with Crippen molar-refractivity contribution in [1.29, 1.82) is 0 Å². The topological polar surface area (TPSA) is 128 Å². The number of aromatic nitrogens is 1. The summed E-state index contributed by atoms with van der Waals surface area (Å²) >= 11 is 1.41. The summed E-state index contributed by atoms with van der Waals surface area (Å²) in [6, 6.07) is 3.96. The molecule has 2 aromatic rings. The van der Waals surface area contributed by atoms with Gasteiger partial charge >= 0.3 is 18.0 Å². The largest absolute Gasteiger partial charge is 0.481 e. The quantitative estimate of drug-likeness (QED) is 0.430. The molecule has 2 N–H and O–H groups in total. The van der Waals surface area contributed by atoms with Crippen molar-refractivity contribution in [3.8, 4) is 0 Å². The number of aliphatic carboxylic acids is 1. The van der Waals surface area contributed by atoms with Crippen molar-refractivity contribution in [2.75, 3.05) is 39.3 Å². The molecule has 4 heterocycles. The van der Waals surface area contributed by atoms with Gasteiger partial charge in [0.2, 0.25) is 0 Å². The fourth-order valence-corrected chi connectivity index (χ4v) is 8.50. The van der Waals surface area contributed by atoms with Crippen LogP contribution in [0.5, 0.6) is 0 Å². The second-order valence-corrected chi connectivity index (χ2v) is 13.4. The molecule has 6 aliphatic rings. The zero-order valence-electron chi connectivity index (χ0n) is 24.7. The average molecular weight is 623 g/mol. The third-order valence-corrected chi connectivity index (χ3v) is 10.9. The van der Waals surface area contributed by atoms with Gasteiger partial charge in [-0.05, 0) is 56.7 Å². The second-order valence-electron chi connectivity index (χ2n) is 12.5. The number of ether oxygens (including phenoxy) is 1. The third kappa shape index (κ3) is 4.50. The van der Waals surface area contributed by atoms with E-state index in [1.165, 1.54) is 17.4 Å². The molecule has 1 aromatic carbocycles. The Bertz CT molecular complexity index is 1590. The lowest BCUT2D eigenvalue weighted by Crippen LogP contribution is -2.59. The van der Waals surface area contributed by atoms with Gasteiger partial charge in [-0.25, -0.2) is 19.0 Å². The fraction of sp³-hybridized carbons (Fsp3) is 0.516. The number of carbonyl (C=O) groups excluding carboxylic acids is 2. The number of carboxylic acids is 1. The molecule has 44 heavy (non-hydrogen) atoms. The van der Waals surface area contributed by atoms with Crippen LogP contribution in [0, 0.1) is 18.2 Å². The number of hydrogen-bond donors (Lipinski definition) is 2. The first-order chi connectivity index (χ1) is 21.1. The lowest BCUT2D eigenvalue weighted by Gasteiger charge is -2.49. The molecule has 2 unspecified atom stereocenters. The number of amidine groups is 1. The van der Waals surface area contributed by atoms with E-state index in [4.69, 9.17) is 9.73 Å². The van der Waals surface area contributed by atoms with Crippen molar-refractivity contribution in [2.24, 2.45) is 10.4 Å². The molecule has 2 amide bonds. The molecule has 1 aromatic heterocycles. The summed E-state index contributed by atoms with van der Waals surface area (Å²) in [5.74, 6) is -1.14. The maximum atomic E-state index is 14.8. The minimum Gasteiger partial charge on any atom is -0.481 e. The van der Waals surface area contributed by atoms with Crippen LogP contribution in [-0.4, -0.2) is 99.5 Å². The van der Waals surface area contributed by atoms with Crippen LogP contribution in [0.2, 0.25) is 0 Å². The zero-order chi connectivity index (χ0) is 30.8. The van der Waals surface area contributed by atoms with Crippen molar-refractivity contribution < 1.29 is 28.6 Å². The molecule has 5 fully saturated rings. The van der Waals surface area contributed by atoms with Gasteiger partial charge in [0.15, 0.2) is 10.8 Å². The van der Waals surface area contributed by atoms with Gasteiger partial charge < -0.3 is 25.0 Å². The first kappa shape index (κ1) is 28.9. The number of rotatable bonds is 8. The van der Waals surface area contributed by atoms with Crippen LogP contribution in [0.4, 0.5) is 9.18 Å². The Morgan fingerprint density at radius 3 is 2.75 bits per heavy atom. The molecule has 0 spiro atoms. The molecule has 3 saturated carbocycles. The number of halogens is 1. The first-order valence-electron chi connectivity index (χ1n) is 15.1. The molecule has 8 rings (SSSR count). The van der Waals surface area contributed by atoms with E-state index in [0.717, 1.165) is 6.42 Å². The number of thiazole rings is 1. The zero-order valence-corrected chi connectivity index (χ0v) is 25.5. The maximum Gasteiger partial charge on any atom is 0.338 e. The molecular weight excluding hydrogens is 587 g/mol. The minimum atomic E-state index is -0.792. The number of carbonyl (C=O) groups is 3. The highest BCUT2D eigenvalue weighted by atomic mass is 32.1. The van der Waals surface area contributed by atoms with Crippen LogP contribution in [0.25, 0.3) is 0 Å². The highest BCUT2D eigenvalue weighted by molar-refractivity contribution is 7.11. The van der Waals surface area contributed by atoms with Crippen LogP contribution in [-0.2, 0) is 14.3 Å². The molecule has 2 bridgehead atoms. The van der Waals surface area contributed by atoms with Gasteiger partial charge in [-0.2, -0.15) is 0 Å². The number of hydrogen-bond acceptors (Lipinski definition) is 9. The number of piperazine rings is 1. The number of fused-ring (bicyclic) bond motifs is 2. The van der Waals surface area contributed by atoms with Gasteiger partial charge in [0.1, 0.15) is 11.9 Å². The highest BCUT2D eigenvalue weighted by Crippen LogP contribution is 2.64. The third-order valence-electron chi connectivity index (χ3n) is 10.1. The van der Waals surface area contributed by atoms with Crippen molar-refractivity contribution in [2.45, 2.75) is 57.2 Å². The van der Waals surface area contributed by atoms with E-state index in [0.29, 0.717) is 85.2 Å². The summed E-state index contributed by atoms with van der Waals surface area (Å²) in [6.07, 6.45) is 4.10. The van der Waals surface area contributed by atoms with Crippen LogP contribution >= 0.6 is 11.3 Å². The van der Waals surface area contributed by atoms with Crippen LogP contribution in [0.3, 0.4) is 0 Å². The van der Waals surface area contributed by atoms with Gasteiger partial charge in [-0.15, -0.1) is 11.3 Å². The molecule has 232 valence electrons. The minimum absolute atomic E-state index is 0.00223. The molecule has 13 heteroatoms. The number of carboxylic acid groups (broad SMARTS) is 1. The van der Waals surface area contributed by atoms with Crippen molar-refractivity contribution in [1.82, 2.24) is 25.0 Å². The van der Waals surface area contributed by atoms with Crippen LogP contribution in [0.15, 0.2) is 46.0 Å². The molecule has 3 aliphatic heterocycles. The molecule has 3 aliphatic carbocycles. The Morgan fingerprint density at radius 2 is 2.05 bits per heavy atom. The summed E-state index contributed by atoms with van der Waals surface area (Å²) in [6.45, 7) is 6.25. The summed E-state index contributed by atoms with van der Waals surface area (Å²) in [5.41, 5.74) is 0.915. The lowest BCUT2D eigenvalue weighted by molar-refractivity contribution is -0.157. The maximum absolute atomic E-state index is 14.8. The van der Waals surface area contributed by atoms with Gasteiger partial charge in [0.25, 0.3) is 0 Å². The van der Waals surface area contributed by atoms with Gasteiger partial charge in [-0.3, -0.25) is 14.7 Å². The van der Waals surface area contributed by atoms with E-state index >= 15 is 0 Å². The molecule has 11 nitrogen and oxygen atoms in total. The van der Waals surface area contributed by atoms with E-state index in [9.17, 15) is 23.9 Å². The molecule has 2 saturated heterocycles. The Labute approximate surface area is 258 Å². The number of aliphatic imine (C=N–C) groups is 1. The summed E-state index contributed by atoms with van der Waals surface area (Å²) in [5, 5.41) is 15.6. The van der Waals surface area contributed by atoms with Gasteiger partial charge in [0.05, 0.1) is 23.6 Å². The first-order valence-corrected chi connectivity index (χ1v) is 16.0.